The summed E-state index contributed by atoms with van der Waals surface area (Å²) >= 11 is 0. The van der Waals surface area contributed by atoms with Crippen molar-refractivity contribution in [2.24, 2.45) is 4.99 Å². The van der Waals surface area contributed by atoms with Crippen LogP contribution in [0.3, 0.4) is 0 Å². The van der Waals surface area contributed by atoms with Crippen molar-refractivity contribution in [1.82, 2.24) is 20.2 Å². The maximum absolute atomic E-state index is 5.71. The summed E-state index contributed by atoms with van der Waals surface area (Å²) in [5, 5.41) is 3.47. The highest BCUT2D eigenvalue weighted by Gasteiger charge is 2.28. The first-order valence-electron chi connectivity index (χ1n) is 8.18. The van der Waals surface area contributed by atoms with E-state index in [0.29, 0.717) is 13.2 Å². The van der Waals surface area contributed by atoms with Crippen molar-refractivity contribution in [2.45, 2.75) is 32.5 Å². The molecule has 0 bridgehead atoms. The molecule has 0 aliphatic carbocycles. The van der Waals surface area contributed by atoms with Crippen LogP contribution in [0.15, 0.2) is 27.7 Å². The molecule has 2 aromatic rings. The van der Waals surface area contributed by atoms with E-state index < -0.39 is 0 Å². The third-order valence-corrected chi connectivity index (χ3v) is 4.39. The van der Waals surface area contributed by atoms with Crippen LogP contribution >= 0.6 is 24.0 Å². The van der Waals surface area contributed by atoms with Crippen LogP contribution in [0.1, 0.15) is 34.6 Å². The van der Waals surface area contributed by atoms with Crippen molar-refractivity contribution in [2.75, 3.05) is 20.2 Å². The van der Waals surface area contributed by atoms with Crippen LogP contribution < -0.4 is 5.32 Å². The Balaban J connectivity index is 0.00000182. The number of hydrogen-bond acceptors (Lipinski definition) is 7. The number of methoxy groups -OCH3 is 1. The average molecular weight is 455 g/mol. The Kier molecular flexibility index (Phi) is 5.57. The smallest absolute Gasteiger partial charge is 0.194 e. The summed E-state index contributed by atoms with van der Waals surface area (Å²) in [6.45, 7) is 4.79. The van der Waals surface area contributed by atoms with Crippen molar-refractivity contribution in [3.05, 3.63) is 46.9 Å². The highest BCUT2D eigenvalue weighted by molar-refractivity contribution is 14.0. The molecule has 4 rings (SSSR count). The molecule has 2 aliphatic heterocycles. The fraction of sp³-hybridized carbons (Fsp3) is 0.471. The number of hydrogen-bond donors (Lipinski definition) is 1. The summed E-state index contributed by atoms with van der Waals surface area (Å²) in [6, 6.07) is 4.12. The number of nitrogens with one attached hydrogen (secondary N) is 1. The summed E-state index contributed by atoms with van der Waals surface area (Å²) < 4.78 is 10.8. The molecule has 7 nitrogen and oxygen atoms in total. The quantitative estimate of drug-likeness (QED) is 0.716. The molecule has 0 saturated heterocycles. The van der Waals surface area contributed by atoms with Gasteiger partial charge in [0, 0.05) is 38.4 Å². The van der Waals surface area contributed by atoms with Gasteiger partial charge in [-0.25, -0.2) is 9.97 Å². The number of rotatable bonds is 3. The Morgan fingerprint density at radius 2 is 2.28 bits per heavy atom. The molecule has 1 N–H and O–H groups in total. The van der Waals surface area contributed by atoms with Crippen LogP contribution in [0, 0.1) is 6.92 Å². The van der Waals surface area contributed by atoms with Crippen LogP contribution in [-0.4, -0.2) is 41.0 Å². The third-order valence-electron chi connectivity index (χ3n) is 4.39. The molecule has 1 unspecified atom stereocenters. The lowest BCUT2D eigenvalue weighted by Crippen LogP contribution is -2.42. The first kappa shape index (κ1) is 18.1. The van der Waals surface area contributed by atoms with E-state index in [9.17, 15) is 0 Å². The Hall–Kier alpha value is -1.68. The zero-order valence-corrected chi connectivity index (χ0v) is 16.7. The van der Waals surface area contributed by atoms with Crippen molar-refractivity contribution < 1.29 is 9.15 Å². The van der Waals surface area contributed by atoms with Gasteiger partial charge >= 0.3 is 0 Å². The molecule has 25 heavy (non-hydrogen) atoms. The Morgan fingerprint density at radius 1 is 1.40 bits per heavy atom. The van der Waals surface area contributed by atoms with Gasteiger partial charge in [-0.1, -0.05) is 0 Å². The molecule has 2 aliphatic rings. The van der Waals surface area contributed by atoms with Crippen LogP contribution in [0.2, 0.25) is 0 Å². The largest absolute Gasteiger partial charge is 0.464 e. The van der Waals surface area contributed by atoms with E-state index in [4.69, 9.17) is 9.15 Å². The molecule has 1 atom stereocenters. The number of aliphatic imine (C=N–C) groups is 1. The topological polar surface area (TPSA) is 75.8 Å². The highest BCUT2D eigenvalue weighted by atomic mass is 127. The minimum Gasteiger partial charge on any atom is -0.464 e. The van der Waals surface area contributed by atoms with E-state index in [1.165, 1.54) is 0 Å². The minimum atomic E-state index is 0. The first-order valence-corrected chi connectivity index (χ1v) is 8.18. The second-order valence-corrected chi connectivity index (χ2v) is 6.17. The number of ether oxygens (including phenoxy) is 1. The Morgan fingerprint density at radius 3 is 3.04 bits per heavy atom. The van der Waals surface area contributed by atoms with E-state index in [0.717, 1.165) is 54.1 Å². The zero-order chi connectivity index (χ0) is 16.5. The van der Waals surface area contributed by atoms with Gasteiger partial charge in [0.25, 0.3) is 0 Å². The standard InChI is InChI=1S/C17H21N5O2.HI/c1-11-3-4-15(24-11)14-8-19-17(21-14)22-6-5-13-12(9-22)7-18-16(20-13)10-23-2;/h3-4,7,14H,5-6,8-10H2,1-2H3,(H,19,21);1H. The minimum absolute atomic E-state index is 0. The Bertz CT molecular complexity index is 776. The molecule has 2 aromatic heterocycles. The van der Waals surface area contributed by atoms with Crippen LogP contribution in [-0.2, 0) is 24.3 Å². The van der Waals surface area contributed by atoms with Crippen LogP contribution in [0.5, 0.6) is 0 Å². The maximum Gasteiger partial charge on any atom is 0.194 e. The predicted molar refractivity (Wildman–Crippen MR) is 104 cm³/mol. The number of guanidine groups is 1. The summed E-state index contributed by atoms with van der Waals surface area (Å²) in [5.74, 6) is 3.54. The fourth-order valence-electron chi connectivity index (χ4n) is 3.15. The normalized spacial score (nSPS) is 19.0. The number of furan rings is 1. The van der Waals surface area contributed by atoms with E-state index in [2.05, 4.69) is 25.2 Å². The summed E-state index contributed by atoms with van der Waals surface area (Å²) in [4.78, 5) is 15.9. The predicted octanol–water partition coefficient (Wildman–Crippen LogP) is 2.20. The van der Waals surface area contributed by atoms with E-state index in [-0.39, 0.29) is 30.0 Å². The molecule has 0 amide bonds. The molecule has 4 heterocycles. The molecular formula is C17H22IN5O2. The van der Waals surface area contributed by atoms with E-state index >= 15 is 0 Å². The molecule has 0 spiro atoms. The third kappa shape index (κ3) is 3.79. The Labute approximate surface area is 163 Å². The van der Waals surface area contributed by atoms with Gasteiger partial charge < -0.3 is 19.4 Å². The van der Waals surface area contributed by atoms with Gasteiger partial charge in [-0.15, -0.1) is 24.0 Å². The van der Waals surface area contributed by atoms with Gasteiger partial charge in [0.05, 0.1) is 12.2 Å². The molecule has 134 valence electrons. The van der Waals surface area contributed by atoms with Crippen molar-refractivity contribution >= 4 is 29.9 Å². The highest BCUT2D eigenvalue weighted by Crippen LogP contribution is 2.23. The summed E-state index contributed by atoms with van der Waals surface area (Å²) in [7, 11) is 1.66. The number of aromatic nitrogens is 2. The summed E-state index contributed by atoms with van der Waals surface area (Å²) in [5.41, 5.74) is 2.27. The molecular weight excluding hydrogens is 433 g/mol. The number of fused-ring (bicyclic) bond motifs is 1. The van der Waals surface area contributed by atoms with Gasteiger partial charge in [-0.2, -0.15) is 0 Å². The number of nitrogens with zero attached hydrogens (tertiary/aromatic N) is 4. The molecule has 0 radical (unpaired) electrons. The van der Waals surface area contributed by atoms with Gasteiger partial charge in [-0.3, -0.25) is 4.99 Å². The average Bonchev–Trinajstić information content (AvgIpc) is 3.23. The maximum atomic E-state index is 5.71. The van der Waals surface area contributed by atoms with Gasteiger partial charge in [0.2, 0.25) is 0 Å². The molecule has 0 aromatic carbocycles. The van der Waals surface area contributed by atoms with Crippen molar-refractivity contribution in [3.63, 3.8) is 0 Å². The number of halogens is 1. The summed E-state index contributed by atoms with van der Waals surface area (Å²) in [6.07, 6.45) is 2.80. The second-order valence-electron chi connectivity index (χ2n) is 6.17. The van der Waals surface area contributed by atoms with Crippen LogP contribution in [0.4, 0.5) is 0 Å². The molecule has 0 saturated carbocycles. The SMILES string of the molecule is COCc1ncc2c(n1)CCN(C1=NCC(c3ccc(C)o3)N1)C2.I. The lowest BCUT2D eigenvalue weighted by molar-refractivity contribution is 0.177. The van der Waals surface area contributed by atoms with Crippen LogP contribution in [0.25, 0.3) is 0 Å². The zero-order valence-electron chi connectivity index (χ0n) is 14.4. The van der Waals surface area contributed by atoms with E-state index in [1.54, 1.807) is 7.11 Å². The van der Waals surface area contributed by atoms with Gasteiger partial charge in [0.1, 0.15) is 24.2 Å². The fourth-order valence-corrected chi connectivity index (χ4v) is 3.15. The van der Waals surface area contributed by atoms with Crippen molar-refractivity contribution in [1.29, 1.82) is 0 Å². The molecule has 8 heteroatoms. The van der Waals surface area contributed by atoms with Gasteiger partial charge in [0.15, 0.2) is 11.8 Å². The number of aryl methyl sites for hydroxylation is 1. The molecule has 0 fully saturated rings. The van der Waals surface area contributed by atoms with Crippen molar-refractivity contribution in [3.8, 4) is 0 Å². The second kappa shape index (κ2) is 7.69. The van der Waals surface area contributed by atoms with Gasteiger partial charge in [-0.05, 0) is 19.1 Å². The lowest BCUT2D eigenvalue weighted by atomic mass is 10.1. The lowest BCUT2D eigenvalue weighted by Gasteiger charge is -2.30. The monoisotopic (exact) mass is 455 g/mol. The van der Waals surface area contributed by atoms with E-state index in [1.807, 2.05) is 25.3 Å². The first-order chi connectivity index (χ1) is 11.7.